The van der Waals surface area contributed by atoms with E-state index >= 15 is 0 Å². The van der Waals surface area contributed by atoms with Gasteiger partial charge in [0.15, 0.2) is 10.6 Å². The molecule has 3 rings (SSSR count). The van der Waals surface area contributed by atoms with Crippen molar-refractivity contribution in [1.82, 2.24) is 4.31 Å². The molecule has 0 unspecified atom stereocenters. The summed E-state index contributed by atoms with van der Waals surface area (Å²) in [5.41, 5.74) is -0.432. The first-order chi connectivity index (χ1) is 12.8. The van der Waals surface area contributed by atoms with Crippen LogP contribution in [0.25, 0.3) is 0 Å². The summed E-state index contributed by atoms with van der Waals surface area (Å²) in [5.74, 6) is 0.376. The van der Waals surface area contributed by atoms with E-state index in [9.17, 15) is 18.5 Å². The van der Waals surface area contributed by atoms with E-state index in [4.69, 9.17) is 27.9 Å². The molecule has 1 aliphatic heterocycles. The van der Waals surface area contributed by atoms with Crippen molar-refractivity contribution in [3.05, 3.63) is 62.6 Å². The van der Waals surface area contributed by atoms with Crippen molar-refractivity contribution in [3.63, 3.8) is 0 Å². The molecule has 2 aromatic carbocycles. The van der Waals surface area contributed by atoms with Gasteiger partial charge in [-0.2, -0.15) is 4.31 Å². The lowest BCUT2D eigenvalue weighted by Gasteiger charge is -2.31. The molecule has 27 heavy (non-hydrogen) atoms. The fourth-order valence-electron chi connectivity index (χ4n) is 2.92. The van der Waals surface area contributed by atoms with Crippen molar-refractivity contribution in [2.45, 2.75) is 23.8 Å². The van der Waals surface area contributed by atoms with Gasteiger partial charge in [0.2, 0.25) is 10.0 Å². The second kappa shape index (κ2) is 8.02. The molecule has 0 spiro atoms. The number of nitro benzene ring substituents is 1. The average Bonchev–Trinajstić information content (AvgIpc) is 2.65. The smallest absolute Gasteiger partial charge is 0.289 e. The maximum atomic E-state index is 12.8. The van der Waals surface area contributed by atoms with Crippen LogP contribution in [0.1, 0.15) is 12.8 Å². The number of hydrogen-bond acceptors (Lipinski definition) is 5. The topological polar surface area (TPSA) is 89.8 Å². The van der Waals surface area contributed by atoms with E-state index in [2.05, 4.69) is 0 Å². The quantitative estimate of drug-likeness (QED) is 0.525. The van der Waals surface area contributed by atoms with Crippen LogP contribution in [0.3, 0.4) is 0 Å². The lowest BCUT2D eigenvalue weighted by molar-refractivity contribution is -0.387. The van der Waals surface area contributed by atoms with Crippen LogP contribution in [0.4, 0.5) is 5.69 Å². The summed E-state index contributed by atoms with van der Waals surface area (Å²) in [6, 6.07) is 10.4. The number of piperidine rings is 1. The zero-order valence-electron chi connectivity index (χ0n) is 14.0. The van der Waals surface area contributed by atoms with Crippen molar-refractivity contribution in [3.8, 4) is 5.75 Å². The van der Waals surface area contributed by atoms with Gasteiger partial charge in [0.05, 0.1) is 15.0 Å². The SMILES string of the molecule is O=[N+]([O-])c1ccccc1S(=O)(=O)N1CCC(Oc2c(Cl)cccc2Cl)CC1. The minimum Gasteiger partial charge on any atom is -0.487 e. The Kier molecular flexibility index (Phi) is 5.90. The molecule has 0 atom stereocenters. The lowest BCUT2D eigenvalue weighted by atomic mass is 10.1. The molecule has 0 N–H and O–H groups in total. The van der Waals surface area contributed by atoms with Crippen molar-refractivity contribution in [2.75, 3.05) is 13.1 Å². The Bertz CT molecular complexity index is 939. The van der Waals surface area contributed by atoms with Gasteiger partial charge in [-0.1, -0.05) is 41.4 Å². The maximum Gasteiger partial charge on any atom is 0.289 e. The minimum absolute atomic E-state index is 0.182. The molecule has 7 nitrogen and oxygen atoms in total. The van der Waals surface area contributed by atoms with Gasteiger partial charge in [-0.05, 0) is 31.0 Å². The summed E-state index contributed by atoms with van der Waals surface area (Å²) in [4.78, 5) is 10.2. The van der Waals surface area contributed by atoms with E-state index in [1.54, 1.807) is 18.2 Å². The van der Waals surface area contributed by atoms with Crippen molar-refractivity contribution in [2.24, 2.45) is 0 Å². The highest BCUT2D eigenvalue weighted by molar-refractivity contribution is 7.89. The number of nitro groups is 1. The molecular formula is C17H16Cl2N2O5S. The van der Waals surface area contributed by atoms with E-state index < -0.39 is 20.6 Å². The molecule has 0 radical (unpaired) electrons. The standard InChI is InChI=1S/C17H16Cl2N2O5S/c18-13-4-3-5-14(19)17(13)26-12-8-10-20(11-9-12)27(24,25)16-7-2-1-6-15(16)21(22)23/h1-7,12H,8-11H2. The van der Waals surface area contributed by atoms with Crippen LogP contribution in [0.5, 0.6) is 5.75 Å². The number of sulfonamides is 1. The van der Waals surface area contributed by atoms with Gasteiger partial charge in [0.25, 0.3) is 5.69 Å². The number of ether oxygens (including phenoxy) is 1. The Balaban J connectivity index is 1.73. The van der Waals surface area contributed by atoms with Crippen LogP contribution in [-0.2, 0) is 10.0 Å². The third-order valence-corrected chi connectivity index (χ3v) is 6.83. The van der Waals surface area contributed by atoms with E-state index in [1.807, 2.05) is 0 Å². The van der Waals surface area contributed by atoms with Gasteiger partial charge in [-0.25, -0.2) is 8.42 Å². The second-order valence-corrected chi connectivity index (χ2v) is 8.72. The van der Waals surface area contributed by atoms with Gasteiger partial charge >= 0.3 is 0 Å². The first-order valence-corrected chi connectivity index (χ1v) is 10.3. The number of benzene rings is 2. The van der Waals surface area contributed by atoms with E-state index in [0.29, 0.717) is 28.6 Å². The molecule has 0 aliphatic carbocycles. The number of hydrogen-bond donors (Lipinski definition) is 0. The highest BCUT2D eigenvalue weighted by Crippen LogP contribution is 2.35. The average molecular weight is 431 g/mol. The molecule has 0 bridgehead atoms. The maximum absolute atomic E-state index is 12.8. The summed E-state index contributed by atoms with van der Waals surface area (Å²) < 4.78 is 32.7. The molecule has 144 valence electrons. The van der Waals surface area contributed by atoms with Crippen molar-refractivity contribution in [1.29, 1.82) is 0 Å². The molecule has 1 heterocycles. The molecule has 1 aliphatic rings. The summed E-state index contributed by atoms with van der Waals surface area (Å²) in [5, 5.41) is 11.9. The first kappa shape index (κ1) is 19.9. The van der Waals surface area contributed by atoms with Gasteiger partial charge in [-0.3, -0.25) is 10.1 Å². The van der Waals surface area contributed by atoms with Gasteiger partial charge in [0, 0.05) is 19.2 Å². The molecule has 1 fully saturated rings. The van der Waals surface area contributed by atoms with Gasteiger partial charge in [-0.15, -0.1) is 0 Å². The van der Waals surface area contributed by atoms with Gasteiger partial charge in [0.1, 0.15) is 6.10 Å². The van der Waals surface area contributed by atoms with E-state index in [0.717, 1.165) is 0 Å². The molecule has 0 saturated carbocycles. The zero-order valence-corrected chi connectivity index (χ0v) is 16.4. The molecule has 1 saturated heterocycles. The number of halogens is 2. The molecule has 0 aromatic heterocycles. The Morgan fingerprint density at radius 2 is 1.63 bits per heavy atom. The zero-order chi connectivity index (χ0) is 19.6. The fourth-order valence-corrected chi connectivity index (χ4v) is 5.03. The van der Waals surface area contributed by atoms with Crippen molar-refractivity contribution >= 4 is 38.9 Å². The van der Waals surface area contributed by atoms with Crippen molar-refractivity contribution < 1.29 is 18.1 Å². The minimum atomic E-state index is -3.97. The predicted octanol–water partition coefficient (Wildman–Crippen LogP) is 4.13. The first-order valence-electron chi connectivity index (χ1n) is 8.15. The molecule has 10 heteroatoms. The van der Waals surface area contributed by atoms with Crippen LogP contribution in [0.2, 0.25) is 10.0 Å². The second-order valence-electron chi connectivity index (χ2n) is 6.00. The fraction of sp³-hybridized carbons (Fsp3) is 0.294. The van der Waals surface area contributed by atoms with Crippen LogP contribution >= 0.6 is 23.2 Å². The third kappa shape index (κ3) is 4.19. The third-order valence-electron chi connectivity index (χ3n) is 4.28. The van der Waals surface area contributed by atoms with E-state index in [-0.39, 0.29) is 24.1 Å². The highest BCUT2D eigenvalue weighted by Gasteiger charge is 2.34. The van der Waals surface area contributed by atoms with Gasteiger partial charge < -0.3 is 4.74 Å². The Morgan fingerprint density at radius 3 is 2.22 bits per heavy atom. The van der Waals surface area contributed by atoms with E-state index in [1.165, 1.54) is 28.6 Å². The molecule has 0 amide bonds. The number of rotatable bonds is 5. The lowest BCUT2D eigenvalue weighted by Crippen LogP contribution is -2.41. The predicted molar refractivity (Wildman–Crippen MR) is 102 cm³/mol. The normalized spacial score (nSPS) is 16.2. The molecule has 2 aromatic rings. The Labute approximate surface area is 166 Å². The van der Waals surface area contributed by atoms with Crippen LogP contribution in [0, 0.1) is 10.1 Å². The highest BCUT2D eigenvalue weighted by atomic mass is 35.5. The largest absolute Gasteiger partial charge is 0.487 e. The monoisotopic (exact) mass is 430 g/mol. The Hall–Kier alpha value is -1.87. The molecular weight excluding hydrogens is 415 g/mol. The van der Waals surface area contributed by atoms with Crippen LogP contribution in [0.15, 0.2) is 47.4 Å². The number of nitrogens with zero attached hydrogens (tertiary/aromatic N) is 2. The van der Waals surface area contributed by atoms with Crippen LogP contribution < -0.4 is 4.74 Å². The summed E-state index contributed by atoms with van der Waals surface area (Å²) in [6.45, 7) is 0.363. The number of para-hydroxylation sites is 2. The van der Waals surface area contributed by atoms with Crippen LogP contribution in [-0.4, -0.2) is 36.8 Å². The Morgan fingerprint density at radius 1 is 1.04 bits per heavy atom. The summed E-state index contributed by atoms with van der Waals surface area (Å²) >= 11 is 12.2. The summed E-state index contributed by atoms with van der Waals surface area (Å²) in [6.07, 6.45) is 0.586. The summed E-state index contributed by atoms with van der Waals surface area (Å²) in [7, 11) is -3.97.